The van der Waals surface area contributed by atoms with E-state index < -0.39 is 9.84 Å². The zero-order chi connectivity index (χ0) is 12.6. The first-order chi connectivity index (χ1) is 8.68. The molecule has 1 aromatic heterocycles. The van der Waals surface area contributed by atoms with Crippen LogP contribution in [-0.2, 0) is 9.84 Å². The van der Waals surface area contributed by atoms with Crippen molar-refractivity contribution < 1.29 is 8.42 Å². The fourth-order valence-electron chi connectivity index (χ4n) is 2.33. The van der Waals surface area contributed by atoms with Crippen molar-refractivity contribution in [3.8, 4) is 0 Å². The Hall–Kier alpha value is -1.40. The zero-order valence-electron chi connectivity index (χ0n) is 9.89. The molecule has 0 spiro atoms. The molecule has 5 nitrogen and oxygen atoms in total. The molecule has 1 aliphatic heterocycles. The van der Waals surface area contributed by atoms with Gasteiger partial charge in [0, 0.05) is 0 Å². The molecule has 96 valence electrons. The summed E-state index contributed by atoms with van der Waals surface area (Å²) in [5.74, 6) is 0. The van der Waals surface area contributed by atoms with E-state index in [2.05, 4.69) is 15.3 Å². The summed E-state index contributed by atoms with van der Waals surface area (Å²) in [7, 11) is -3.33. The molecule has 0 saturated carbocycles. The molecule has 6 heteroatoms. The molecule has 0 radical (unpaired) electrons. The molecule has 1 aromatic carbocycles. The third-order valence-corrected chi connectivity index (χ3v) is 5.44. The minimum atomic E-state index is -3.33. The number of fused-ring (bicyclic) bond motifs is 1. The van der Waals surface area contributed by atoms with Crippen LogP contribution in [0.3, 0.4) is 0 Å². The number of hydrogen-bond donors (Lipinski definition) is 2. The number of aromatic amines is 1. The number of sulfone groups is 1. The van der Waals surface area contributed by atoms with E-state index in [1.165, 1.54) is 0 Å². The van der Waals surface area contributed by atoms with Crippen LogP contribution in [0.1, 0.15) is 12.8 Å². The fourth-order valence-corrected chi connectivity index (χ4v) is 3.98. The van der Waals surface area contributed by atoms with Crippen LogP contribution in [0, 0.1) is 0 Å². The lowest BCUT2D eigenvalue weighted by molar-refractivity contribution is 0.493. The normalized spacial score (nSPS) is 18.2. The van der Waals surface area contributed by atoms with Gasteiger partial charge in [-0.05, 0) is 38.1 Å². The lowest BCUT2D eigenvalue weighted by atomic mass is 10.2. The van der Waals surface area contributed by atoms with E-state index in [0.717, 1.165) is 18.6 Å². The number of H-pyrrole nitrogens is 1. The highest BCUT2D eigenvalue weighted by Crippen LogP contribution is 2.22. The van der Waals surface area contributed by atoms with Gasteiger partial charge in [-0.3, -0.25) is 0 Å². The van der Waals surface area contributed by atoms with Gasteiger partial charge in [0.15, 0.2) is 0 Å². The second kappa shape index (κ2) is 4.37. The second-order valence-electron chi connectivity index (χ2n) is 4.55. The molecule has 2 heterocycles. The zero-order valence-corrected chi connectivity index (χ0v) is 10.7. The maximum atomic E-state index is 12.4. The molecule has 1 aliphatic rings. The van der Waals surface area contributed by atoms with Crippen molar-refractivity contribution in [2.75, 3.05) is 13.1 Å². The van der Waals surface area contributed by atoms with Gasteiger partial charge >= 0.3 is 0 Å². The number of benzene rings is 1. The van der Waals surface area contributed by atoms with Crippen LogP contribution in [0.25, 0.3) is 11.0 Å². The smallest absolute Gasteiger partial charge is 0.226 e. The van der Waals surface area contributed by atoms with Gasteiger partial charge in [-0.1, -0.05) is 12.1 Å². The Kier molecular flexibility index (Phi) is 2.83. The maximum absolute atomic E-state index is 12.4. The average Bonchev–Trinajstić information content (AvgIpc) is 2.84. The molecule has 18 heavy (non-hydrogen) atoms. The Bertz CT molecular complexity index is 624. The van der Waals surface area contributed by atoms with Crippen molar-refractivity contribution in [1.82, 2.24) is 15.3 Å². The van der Waals surface area contributed by atoms with Crippen LogP contribution in [0.4, 0.5) is 0 Å². The average molecular weight is 265 g/mol. The predicted molar refractivity (Wildman–Crippen MR) is 69.2 cm³/mol. The van der Waals surface area contributed by atoms with E-state index in [0.29, 0.717) is 18.4 Å². The largest absolute Gasteiger partial charge is 0.329 e. The predicted octanol–water partition coefficient (Wildman–Crippen LogP) is 1.09. The molecule has 3 rings (SSSR count). The van der Waals surface area contributed by atoms with Crippen LogP contribution >= 0.6 is 0 Å². The van der Waals surface area contributed by atoms with E-state index in [1.54, 1.807) is 0 Å². The Morgan fingerprint density at radius 2 is 1.89 bits per heavy atom. The molecule has 1 fully saturated rings. The van der Waals surface area contributed by atoms with Crippen molar-refractivity contribution in [2.45, 2.75) is 23.2 Å². The molecule has 0 unspecified atom stereocenters. The van der Waals surface area contributed by atoms with E-state index >= 15 is 0 Å². The Morgan fingerprint density at radius 1 is 1.17 bits per heavy atom. The van der Waals surface area contributed by atoms with Crippen LogP contribution in [-0.4, -0.2) is 36.7 Å². The quantitative estimate of drug-likeness (QED) is 0.852. The molecule has 0 atom stereocenters. The topological polar surface area (TPSA) is 74.8 Å². The van der Waals surface area contributed by atoms with Crippen LogP contribution < -0.4 is 5.32 Å². The highest BCUT2D eigenvalue weighted by atomic mass is 32.2. The van der Waals surface area contributed by atoms with Crippen LogP contribution in [0.15, 0.2) is 29.4 Å². The molecule has 0 amide bonds. The van der Waals surface area contributed by atoms with E-state index in [4.69, 9.17) is 0 Å². The van der Waals surface area contributed by atoms with Gasteiger partial charge < -0.3 is 10.3 Å². The number of hydrogen-bond acceptors (Lipinski definition) is 4. The van der Waals surface area contributed by atoms with E-state index in [9.17, 15) is 8.42 Å². The minimum Gasteiger partial charge on any atom is -0.329 e. The van der Waals surface area contributed by atoms with Gasteiger partial charge in [-0.2, -0.15) is 0 Å². The number of aromatic nitrogens is 2. The summed E-state index contributed by atoms with van der Waals surface area (Å²) in [6.07, 6.45) is 1.30. The maximum Gasteiger partial charge on any atom is 0.226 e. The molecular formula is C12H15N3O2S. The highest BCUT2D eigenvalue weighted by Gasteiger charge is 2.31. The second-order valence-corrected chi connectivity index (χ2v) is 6.70. The number of imidazole rings is 1. The Labute approximate surface area is 106 Å². The molecule has 2 aromatic rings. The third kappa shape index (κ3) is 1.91. The van der Waals surface area contributed by atoms with Gasteiger partial charge in [-0.25, -0.2) is 13.4 Å². The minimum absolute atomic E-state index is 0.107. The first kappa shape index (κ1) is 11.7. The SMILES string of the molecule is O=S(=O)(c1nc2ccccc2[nH]1)C1CCNCC1. The fraction of sp³-hybridized carbons (Fsp3) is 0.417. The lowest BCUT2D eigenvalue weighted by Crippen LogP contribution is -2.36. The third-order valence-electron chi connectivity index (χ3n) is 3.36. The van der Waals surface area contributed by atoms with Gasteiger partial charge in [0.05, 0.1) is 16.3 Å². The van der Waals surface area contributed by atoms with Gasteiger partial charge in [0.2, 0.25) is 15.0 Å². The van der Waals surface area contributed by atoms with Crippen molar-refractivity contribution in [1.29, 1.82) is 0 Å². The van der Waals surface area contributed by atoms with Crippen molar-refractivity contribution in [3.63, 3.8) is 0 Å². The Balaban J connectivity index is 2.01. The van der Waals surface area contributed by atoms with Gasteiger partial charge in [0.1, 0.15) is 0 Å². The number of piperidine rings is 1. The van der Waals surface area contributed by atoms with Crippen molar-refractivity contribution in [2.24, 2.45) is 0 Å². The highest BCUT2D eigenvalue weighted by molar-refractivity contribution is 7.91. The van der Waals surface area contributed by atoms with Crippen molar-refractivity contribution in [3.05, 3.63) is 24.3 Å². The molecule has 2 N–H and O–H groups in total. The summed E-state index contributed by atoms with van der Waals surface area (Å²) in [5, 5.41) is 2.96. The van der Waals surface area contributed by atoms with E-state index in [1.807, 2.05) is 24.3 Å². The van der Waals surface area contributed by atoms with Crippen LogP contribution in [0.5, 0.6) is 0 Å². The first-order valence-electron chi connectivity index (χ1n) is 6.07. The standard InChI is InChI=1S/C12H15N3O2S/c16-18(17,9-5-7-13-8-6-9)12-14-10-3-1-2-4-11(10)15-12/h1-4,9,13H,5-8H2,(H,14,15). The summed E-state index contributed by atoms with van der Waals surface area (Å²) in [4.78, 5) is 7.11. The summed E-state index contributed by atoms with van der Waals surface area (Å²) in [6, 6.07) is 7.36. The summed E-state index contributed by atoms with van der Waals surface area (Å²) in [5.41, 5.74) is 1.47. The number of nitrogens with zero attached hydrogens (tertiary/aromatic N) is 1. The van der Waals surface area contributed by atoms with Gasteiger partial charge in [0.25, 0.3) is 0 Å². The lowest BCUT2D eigenvalue weighted by Gasteiger charge is -2.21. The molecule has 0 aliphatic carbocycles. The van der Waals surface area contributed by atoms with Crippen molar-refractivity contribution >= 4 is 20.9 Å². The number of para-hydroxylation sites is 2. The summed E-state index contributed by atoms with van der Waals surface area (Å²) in [6.45, 7) is 1.51. The van der Waals surface area contributed by atoms with Crippen LogP contribution in [0.2, 0.25) is 0 Å². The summed E-state index contributed by atoms with van der Waals surface area (Å²) < 4.78 is 24.9. The monoisotopic (exact) mass is 265 g/mol. The molecular weight excluding hydrogens is 250 g/mol. The Morgan fingerprint density at radius 3 is 2.61 bits per heavy atom. The molecule has 0 bridgehead atoms. The molecule has 1 saturated heterocycles. The summed E-state index contributed by atoms with van der Waals surface area (Å²) >= 11 is 0. The van der Waals surface area contributed by atoms with E-state index in [-0.39, 0.29) is 10.4 Å². The first-order valence-corrected chi connectivity index (χ1v) is 7.62. The number of nitrogens with one attached hydrogen (secondary N) is 2. The van der Waals surface area contributed by atoms with Gasteiger partial charge in [-0.15, -0.1) is 0 Å². The number of rotatable bonds is 2.